The monoisotopic (exact) mass is 176 g/mol. The zero-order chi connectivity index (χ0) is 9.28. The summed E-state index contributed by atoms with van der Waals surface area (Å²) in [5.74, 6) is 3.08. The first-order valence-corrected chi connectivity index (χ1v) is 6.06. The molecule has 0 heterocycles. The zero-order valence-corrected chi connectivity index (χ0v) is 9.79. The van der Waals surface area contributed by atoms with Crippen LogP contribution in [0.4, 0.5) is 0 Å². The third kappa shape index (κ3) is 10.4. The first-order chi connectivity index (χ1) is 5.18. The van der Waals surface area contributed by atoms with Gasteiger partial charge in [-0.2, -0.15) is 11.8 Å². The van der Waals surface area contributed by atoms with Crippen LogP contribution in [0.15, 0.2) is 0 Å². The molecule has 0 nitrogen and oxygen atoms in total. The van der Waals surface area contributed by atoms with Crippen LogP contribution in [0.25, 0.3) is 0 Å². The Balaban J connectivity index is 0. The quantitative estimate of drug-likeness (QED) is 0.622. The Labute approximate surface area is 77.2 Å². The van der Waals surface area contributed by atoms with Gasteiger partial charge in [-0.15, -0.1) is 0 Å². The number of rotatable bonds is 4. The van der Waals surface area contributed by atoms with E-state index < -0.39 is 0 Å². The molecule has 0 aromatic heterocycles. The molecule has 0 rings (SSSR count). The molecule has 0 N–H and O–H groups in total. The third-order valence-electron chi connectivity index (χ3n) is 1.92. The van der Waals surface area contributed by atoms with Crippen LogP contribution in [-0.4, -0.2) is 12.0 Å². The van der Waals surface area contributed by atoms with Crippen molar-refractivity contribution in [2.24, 2.45) is 11.8 Å². The fourth-order valence-electron chi connectivity index (χ4n) is 0.637. The summed E-state index contributed by atoms with van der Waals surface area (Å²) in [6, 6.07) is 0. The molecular formula is C10H24S. The SMILES string of the molecule is CC.CSCCC(C)C(C)C. The maximum Gasteiger partial charge on any atom is -0.00677 e. The third-order valence-corrected chi connectivity index (χ3v) is 2.56. The van der Waals surface area contributed by atoms with Crippen molar-refractivity contribution in [3.63, 3.8) is 0 Å². The Morgan fingerprint density at radius 3 is 1.82 bits per heavy atom. The average molecular weight is 176 g/mol. The van der Waals surface area contributed by atoms with Gasteiger partial charge in [0.25, 0.3) is 0 Å². The molecule has 0 spiro atoms. The average Bonchev–Trinajstić information content (AvgIpc) is 2.03. The molecule has 0 aliphatic heterocycles. The predicted molar refractivity (Wildman–Crippen MR) is 58.3 cm³/mol. The van der Waals surface area contributed by atoms with Gasteiger partial charge in [-0.1, -0.05) is 34.6 Å². The zero-order valence-electron chi connectivity index (χ0n) is 8.98. The molecule has 0 radical (unpaired) electrons. The van der Waals surface area contributed by atoms with E-state index in [4.69, 9.17) is 0 Å². The second-order valence-electron chi connectivity index (χ2n) is 3.00. The number of hydrogen-bond donors (Lipinski definition) is 0. The second-order valence-corrected chi connectivity index (χ2v) is 3.99. The van der Waals surface area contributed by atoms with Gasteiger partial charge in [0.05, 0.1) is 0 Å². The molecular weight excluding hydrogens is 152 g/mol. The highest BCUT2D eigenvalue weighted by atomic mass is 32.2. The summed E-state index contributed by atoms with van der Waals surface area (Å²) in [4.78, 5) is 0. The molecule has 0 fully saturated rings. The van der Waals surface area contributed by atoms with E-state index in [-0.39, 0.29) is 0 Å². The molecule has 1 heteroatoms. The maximum absolute atomic E-state index is 2.33. The lowest BCUT2D eigenvalue weighted by Gasteiger charge is -2.13. The second kappa shape index (κ2) is 10.3. The minimum Gasteiger partial charge on any atom is -0.165 e. The Morgan fingerprint density at radius 1 is 1.09 bits per heavy atom. The van der Waals surface area contributed by atoms with Gasteiger partial charge in [0, 0.05) is 0 Å². The van der Waals surface area contributed by atoms with Crippen molar-refractivity contribution in [2.45, 2.75) is 41.0 Å². The van der Waals surface area contributed by atoms with Gasteiger partial charge in [0.2, 0.25) is 0 Å². The van der Waals surface area contributed by atoms with Crippen LogP contribution in [0, 0.1) is 11.8 Å². The smallest absolute Gasteiger partial charge is 0.00677 e. The van der Waals surface area contributed by atoms with Gasteiger partial charge in [-0.05, 0) is 30.3 Å². The Hall–Kier alpha value is 0.350. The molecule has 70 valence electrons. The molecule has 0 aliphatic carbocycles. The number of hydrogen-bond acceptors (Lipinski definition) is 1. The first kappa shape index (κ1) is 13.9. The Bertz CT molecular complexity index is 59.9. The molecule has 0 saturated heterocycles. The largest absolute Gasteiger partial charge is 0.165 e. The van der Waals surface area contributed by atoms with Crippen molar-refractivity contribution in [2.75, 3.05) is 12.0 Å². The summed E-state index contributed by atoms with van der Waals surface area (Å²) >= 11 is 1.95. The van der Waals surface area contributed by atoms with Gasteiger partial charge in [0.1, 0.15) is 0 Å². The van der Waals surface area contributed by atoms with Crippen LogP contribution in [0.1, 0.15) is 41.0 Å². The molecule has 11 heavy (non-hydrogen) atoms. The lowest BCUT2D eigenvalue weighted by Crippen LogP contribution is -2.04. The van der Waals surface area contributed by atoms with E-state index in [1.807, 2.05) is 25.6 Å². The Morgan fingerprint density at radius 2 is 1.55 bits per heavy atom. The highest BCUT2D eigenvalue weighted by molar-refractivity contribution is 7.98. The van der Waals surface area contributed by atoms with E-state index in [0.29, 0.717) is 0 Å². The summed E-state index contributed by atoms with van der Waals surface area (Å²) < 4.78 is 0. The van der Waals surface area contributed by atoms with Gasteiger partial charge < -0.3 is 0 Å². The van der Waals surface area contributed by atoms with Crippen molar-refractivity contribution < 1.29 is 0 Å². The fourth-order valence-corrected chi connectivity index (χ4v) is 1.24. The van der Waals surface area contributed by atoms with Crippen LogP contribution < -0.4 is 0 Å². The molecule has 0 amide bonds. The molecule has 0 aromatic carbocycles. The standard InChI is InChI=1S/C8H18S.C2H6/c1-7(2)8(3)5-6-9-4;1-2/h7-8H,5-6H2,1-4H3;1-2H3. The van der Waals surface area contributed by atoms with Crippen molar-refractivity contribution in [3.05, 3.63) is 0 Å². The van der Waals surface area contributed by atoms with E-state index >= 15 is 0 Å². The molecule has 1 unspecified atom stereocenters. The van der Waals surface area contributed by atoms with Crippen molar-refractivity contribution in [1.29, 1.82) is 0 Å². The predicted octanol–water partition coefficient (Wildman–Crippen LogP) is 4.06. The van der Waals surface area contributed by atoms with Crippen molar-refractivity contribution >= 4 is 11.8 Å². The molecule has 0 aliphatic rings. The minimum absolute atomic E-state index is 0.858. The van der Waals surface area contributed by atoms with Gasteiger partial charge in [-0.3, -0.25) is 0 Å². The van der Waals surface area contributed by atoms with Crippen LogP contribution in [0.2, 0.25) is 0 Å². The normalized spacial score (nSPS) is 12.3. The molecule has 1 atom stereocenters. The molecule has 0 saturated carbocycles. The van der Waals surface area contributed by atoms with Crippen LogP contribution in [-0.2, 0) is 0 Å². The van der Waals surface area contributed by atoms with Gasteiger partial charge >= 0.3 is 0 Å². The van der Waals surface area contributed by atoms with Gasteiger partial charge in [-0.25, -0.2) is 0 Å². The van der Waals surface area contributed by atoms with Crippen LogP contribution >= 0.6 is 11.8 Å². The Kier molecular flexibility index (Phi) is 13.1. The van der Waals surface area contributed by atoms with E-state index in [0.717, 1.165) is 11.8 Å². The van der Waals surface area contributed by atoms with E-state index in [9.17, 15) is 0 Å². The van der Waals surface area contributed by atoms with Gasteiger partial charge in [0.15, 0.2) is 0 Å². The lowest BCUT2D eigenvalue weighted by atomic mass is 9.96. The summed E-state index contributed by atoms with van der Waals surface area (Å²) in [6.07, 6.45) is 3.55. The summed E-state index contributed by atoms with van der Waals surface area (Å²) in [7, 11) is 0. The van der Waals surface area contributed by atoms with Crippen molar-refractivity contribution in [1.82, 2.24) is 0 Å². The molecule has 0 bridgehead atoms. The van der Waals surface area contributed by atoms with E-state index in [1.54, 1.807) is 0 Å². The van der Waals surface area contributed by atoms with Crippen LogP contribution in [0.5, 0.6) is 0 Å². The summed E-state index contributed by atoms with van der Waals surface area (Å²) in [6.45, 7) is 10.9. The van der Waals surface area contributed by atoms with Crippen molar-refractivity contribution in [3.8, 4) is 0 Å². The van der Waals surface area contributed by atoms with E-state index in [2.05, 4.69) is 27.0 Å². The highest BCUT2D eigenvalue weighted by Crippen LogP contribution is 2.15. The summed E-state index contributed by atoms with van der Waals surface area (Å²) in [5, 5.41) is 0. The minimum atomic E-state index is 0.858. The topological polar surface area (TPSA) is 0 Å². The fraction of sp³-hybridized carbons (Fsp3) is 1.00. The molecule has 0 aromatic rings. The lowest BCUT2D eigenvalue weighted by molar-refractivity contribution is 0.410. The number of thioether (sulfide) groups is 1. The maximum atomic E-state index is 2.33. The van der Waals surface area contributed by atoms with E-state index in [1.165, 1.54) is 12.2 Å². The van der Waals surface area contributed by atoms with Crippen LogP contribution in [0.3, 0.4) is 0 Å². The highest BCUT2D eigenvalue weighted by Gasteiger charge is 2.04. The first-order valence-electron chi connectivity index (χ1n) is 4.67. The summed E-state index contributed by atoms with van der Waals surface area (Å²) in [5.41, 5.74) is 0.